The molecule has 5 heterocycles. The van der Waals surface area contributed by atoms with Crippen molar-refractivity contribution in [2.75, 3.05) is 46.5 Å². The second-order valence-corrected chi connectivity index (χ2v) is 11.6. The lowest BCUT2D eigenvalue weighted by Gasteiger charge is -2.41. The predicted octanol–water partition coefficient (Wildman–Crippen LogP) is 5.03. The van der Waals surface area contributed by atoms with E-state index in [0.717, 1.165) is 77.0 Å². The summed E-state index contributed by atoms with van der Waals surface area (Å²) in [7, 11) is 1.61. The summed E-state index contributed by atoms with van der Waals surface area (Å²) in [5.41, 5.74) is 4.98. The van der Waals surface area contributed by atoms with Gasteiger partial charge in [0.15, 0.2) is 0 Å². The molecule has 1 amide bonds. The van der Waals surface area contributed by atoms with Crippen molar-refractivity contribution in [3.05, 3.63) is 77.6 Å². The number of aromatic amines is 2. The van der Waals surface area contributed by atoms with E-state index in [4.69, 9.17) is 19.4 Å². The Hall–Kier alpha value is -4.28. The van der Waals surface area contributed by atoms with Crippen molar-refractivity contribution >= 4 is 27.7 Å². The normalized spacial score (nSPS) is 19.5. The van der Waals surface area contributed by atoms with Gasteiger partial charge in [-0.3, -0.25) is 9.69 Å². The quantitative estimate of drug-likeness (QED) is 0.280. The molecule has 0 bridgehead atoms. The summed E-state index contributed by atoms with van der Waals surface area (Å²) in [5, 5.41) is 1.75. The molecule has 0 saturated carbocycles. The molecule has 0 spiro atoms. The zero-order valence-electron chi connectivity index (χ0n) is 24.4. The van der Waals surface area contributed by atoms with Crippen LogP contribution in [0.1, 0.15) is 29.5 Å². The number of piperazine rings is 1. The van der Waals surface area contributed by atoms with E-state index in [9.17, 15) is 9.18 Å². The van der Waals surface area contributed by atoms with Gasteiger partial charge >= 0.3 is 0 Å². The molecule has 2 aromatic carbocycles. The standard InChI is InChI=1S/C33H35FN6O3/c1-20-24(25-14-23(34)7-8-28(25)36-20)15-31(41)40-11-10-39(17-21-9-12-43-19-21)18-30(40)32-35-16-29(37-32)26-13-22-5-3-4-6-27(22)38-33(26)42-2/h3-8,13-14,16,21,30,36H,9-12,15,17-19H2,1-2H3,(H,35,37). The SMILES string of the molecule is COc1nc2ccccc2cc1-c1cnc(C2CN(CC3CCOC3)CCN2C(=O)Cc2c(C)[nH]c3ccc(F)cc23)[nH]1. The number of pyridine rings is 1. The molecule has 2 fully saturated rings. The number of nitrogens with one attached hydrogen (secondary N) is 2. The largest absolute Gasteiger partial charge is 0.480 e. The van der Waals surface area contributed by atoms with Crippen molar-refractivity contribution in [2.45, 2.75) is 25.8 Å². The molecule has 2 N–H and O–H groups in total. The summed E-state index contributed by atoms with van der Waals surface area (Å²) in [4.78, 5) is 34.7. The number of fused-ring (bicyclic) bond motifs is 2. The van der Waals surface area contributed by atoms with Crippen LogP contribution in [0.3, 0.4) is 0 Å². The molecular weight excluding hydrogens is 547 g/mol. The molecule has 9 nitrogen and oxygen atoms in total. The zero-order chi connectivity index (χ0) is 29.5. The van der Waals surface area contributed by atoms with Gasteiger partial charge in [0.25, 0.3) is 0 Å². The highest BCUT2D eigenvalue weighted by molar-refractivity contribution is 5.90. The number of hydrogen-bond acceptors (Lipinski definition) is 6. The van der Waals surface area contributed by atoms with E-state index in [2.05, 4.69) is 14.9 Å². The topological polar surface area (TPSA) is 99.4 Å². The number of carbonyl (C=O) groups excluding carboxylic acids is 1. The van der Waals surface area contributed by atoms with Crippen molar-refractivity contribution in [1.82, 2.24) is 29.7 Å². The lowest BCUT2D eigenvalue weighted by atomic mass is 10.0. The first-order valence-electron chi connectivity index (χ1n) is 14.8. The van der Waals surface area contributed by atoms with Crippen molar-refractivity contribution in [1.29, 1.82) is 0 Å². The van der Waals surface area contributed by atoms with Crippen LogP contribution in [0.15, 0.2) is 54.7 Å². The van der Waals surface area contributed by atoms with Crippen molar-refractivity contribution < 1.29 is 18.7 Å². The van der Waals surface area contributed by atoms with Crippen LogP contribution in [0.2, 0.25) is 0 Å². The minimum Gasteiger partial charge on any atom is -0.480 e. The smallest absolute Gasteiger partial charge is 0.227 e. The van der Waals surface area contributed by atoms with Crippen LogP contribution in [0.4, 0.5) is 4.39 Å². The Morgan fingerprint density at radius 3 is 2.88 bits per heavy atom. The summed E-state index contributed by atoms with van der Waals surface area (Å²) in [5.74, 6) is 1.39. The van der Waals surface area contributed by atoms with Crippen molar-refractivity contribution in [3.63, 3.8) is 0 Å². The molecule has 3 aromatic heterocycles. The molecular formula is C33H35FN6O3. The fraction of sp³-hybridized carbons (Fsp3) is 0.364. The van der Waals surface area contributed by atoms with E-state index in [-0.39, 0.29) is 24.2 Å². The number of aryl methyl sites for hydroxylation is 1. The number of imidazole rings is 1. The third-order valence-electron chi connectivity index (χ3n) is 8.82. The molecule has 2 aliphatic rings. The highest BCUT2D eigenvalue weighted by Gasteiger charge is 2.35. The minimum absolute atomic E-state index is 0.00925. The van der Waals surface area contributed by atoms with Gasteiger partial charge in [-0.05, 0) is 55.2 Å². The minimum atomic E-state index is -0.315. The molecule has 0 aliphatic carbocycles. The molecule has 0 radical (unpaired) electrons. The number of amides is 1. The van der Waals surface area contributed by atoms with Crippen molar-refractivity contribution in [2.24, 2.45) is 5.92 Å². The lowest BCUT2D eigenvalue weighted by Crippen LogP contribution is -2.52. The number of halogens is 1. The number of carbonyl (C=O) groups is 1. The number of ether oxygens (including phenoxy) is 2. The van der Waals surface area contributed by atoms with Gasteiger partial charge in [0.2, 0.25) is 11.8 Å². The van der Waals surface area contributed by atoms with Gasteiger partial charge in [-0.1, -0.05) is 18.2 Å². The number of methoxy groups -OCH3 is 1. The van der Waals surface area contributed by atoms with Gasteiger partial charge in [0, 0.05) is 54.8 Å². The van der Waals surface area contributed by atoms with Crippen LogP contribution >= 0.6 is 0 Å². The Labute approximate surface area is 249 Å². The van der Waals surface area contributed by atoms with E-state index in [0.29, 0.717) is 30.7 Å². The molecule has 2 atom stereocenters. The molecule has 222 valence electrons. The number of H-pyrrole nitrogens is 2. The Morgan fingerprint density at radius 2 is 2.05 bits per heavy atom. The van der Waals surface area contributed by atoms with E-state index in [1.807, 2.05) is 42.2 Å². The second kappa shape index (κ2) is 11.4. The van der Waals surface area contributed by atoms with Crippen molar-refractivity contribution in [3.8, 4) is 17.1 Å². The molecule has 43 heavy (non-hydrogen) atoms. The number of para-hydroxylation sites is 1. The first-order valence-corrected chi connectivity index (χ1v) is 14.8. The van der Waals surface area contributed by atoms with E-state index in [1.165, 1.54) is 12.1 Å². The number of aromatic nitrogens is 4. The summed E-state index contributed by atoms with van der Waals surface area (Å²) in [6.07, 6.45) is 3.03. The van der Waals surface area contributed by atoms with Crippen LogP contribution in [-0.2, 0) is 16.0 Å². The average molecular weight is 583 g/mol. The summed E-state index contributed by atoms with van der Waals surface area (Å²) < 4.78 is 25.4. The zero-order valence-corrected chi connectivity index (χ0v) is 24.4. The number of nitrogens with zero attached hydrogens (tertiary/aromatic N) is 4. The first kappa shape index (κ1) is 27.5. The van der Waals surface area contributed by atoms with E-state index >= 15 is 0 Å². The molecule has 2 aliphatic heterocycles. The fourth-order valence-electron chi connectivity index (χ4n) is 6.56. The molecule has 10 heteroatoms. The fourth-order valence-corrected chi connectivity index (χ4v) is 6.56. The predicted molar refractivity (Wildman–Crippen MR) is 162 cm³/mol. The third-order valence-corrected chi connectivity index (χ3v) is 8.82. The van der Waals surface area contributed by atoms with Gasteiger partial charge in [-0.25, -0.2) is 14.4 Å². The Balaban J connectivity index is 1.21. The maximum Gasteiger partial charge on any atom is 0.227 e. The summed E-state index contributed by atoms with van der Waals surface area (Å²) >= 11 is 0. The van der Waals surface area contributed by atoms with Crippen LogP contribution in [0.25, 0.3) is 33.1 Å². The first-order chi connectivity index (χ1) is 21.0. The van der Waals surface area contributed by atoms with Gasteiger partial charge < -0.3 is 24.3 Å². The Morgan fingerprint density at radius 1 is 1.16 bits per heavy atom. The van der Waals surface area contributed by atoms with E-state index < -0.39 is 0 Å². The number of benzene rings is 2. The maximum atomic E-state index is 14.1. The molecule has 2 saturated heterocycles. The van der Waals surface area contributed by atoms with Crippen LogP contribution in [0.5, 0.6) is 5.88 Å². The maximum absolute atomic E-state index is 14.1. The number of hydrogen-bond donors (Lipinski definition) is 2. The highest BCUT2D eigenvalue weighted by Crippen LogP contribution is 2.33. The average Bonchev–Trinajstić information content (AvgIpc) is 3.78. The van der Waals surface area contributed by atoms with Gasteiger partial charge in [0.1, 0.15) is 17.7 Å². The van der Waals surface area contributed by atoms with Crippen LogP contribution < -0.4 is 4.74 Å². The molecule has 2 unspecified atom stereocenters. The van der Waals surface area contributed by atoms with Gasteiger partial charge in [-0.2, -0.15) is 0 Å². The second-order valence-electron chi connectivity index (χ2n) is 11.6. The Bertz CT molecular complexity index is 1790. The monoisotopic (exact) mass is 582 g/mol. The lowest BCUT2D eigenvalue weighted by molar-refractivity contribution is -0.136. The van der Waals surface area contributed by atoms with Crippen LogP contribution in [-0.4, -0.2) is 82.1 Å². The number of rotatable bonds is 7. The summed E-state index contributed by atoms with van der Waals surface area (Å²) in [6.45, 7) is 6.45. The van der Waals surface area contributed by atoms with Crippen LogP contribution in [0, 0.1) is 18.7 Å². The van der Waals surface area contributed by atoms with Gasteiger partial charge in [-0.15, -0.1) is 0 Å². The van der Waals surface area contributed by atoms with Gasteiger partial charge in [0.05, 0.1) is 43.1 Å². The third kappa shape index (κ3) is 5.36. The highest BCUT2D eigenvalue weighted by atomic mass is 19.1. The van der Waals surface area contributed by atoms with E-state index in [1.54, 1.807) is 19.4 Å². The Kier molecular flexibility index (Phi) is 7.32. The molecule has 7 rings (SSSR count). The molecule has 5 aromatic rings. The summed E-state index contributed by atoms with van der Waals surface area (Å²) in [6, 6.07) is 14.3.